The number of hydrogen-bond donors (Lipinski definition) is 0. The summed E-state index contributed by atoms with van der Waals surface area (Å²) in [5.74, 6) is -0.836. The lowest BCUT2D eigenvalue weighted by Crippen LogP contribution is -1.97. The number of benzene rings is 1. The first-order valence-corrected chi connectivity index (χ1v) is 3.46. The Balaban J connectivity index is 3.47. The summed E-state index contributed by atoms with van der Waals surface area (Å²) >= 11 is 0. The van der Waals surface area contributed by atoms with Crippen LogP contribution < -0.4 is 4.74 Å². The van der Waals surface area contributed by atoms with Gasteiger partial charge in [0.2, 0.25) is 0 Å². The van der Waals surface area contributed by atoms with E-state index < -0.39 is 5.82 Å². The van der Waals surface area contributed by atoms with E-state index in [4.69, 9.17) is 5.26 Å². The Labute approximate surface area is 74.4 Å². The number of nitrogens with zero attached hydrogens (tertiary/aromatic N) is 1. The van der Waals surface area contributed by atoms with Gasteiger partial charge in [0, 0.05) is 0 Å². The Kier molecular flexibility index (Phi) is 2.60. The minimum atomic E-state index is -0.649. The topological polar surface area (TPSA) is 50.1 Å². The number of aldehydes is 1. The maximum Gasteiger partial charge on any atom is 0.166 e. The Morgan fingerprint density at radius 1 is 1.62 bits per heavy atom. The van der Waals surface area contributed by atoms with E-state index in [1.54, 1.807) is 6.07 Å². The van der Waals surface area contributed by atoms with E-state index in [1.165, 1.54) is 13.2 Å². The predicted octanol–water partition coefficient (Wildman–Crippen LogP) is 1.52. The number of ether oxygens (including phenoxy) is 1. The second-order valence-corrected chi connectivity index (χ2v) is 2.27. The maximum absolute atomic E-state index is 13.0. The number of carbonyl (C=O) groups is 1. The average Bonchev–Trinajstić information content (AvgIpc) is 2.17. The van der Waals surface area contributed by atoms with E-state index in [-0.39, 0.29) is 16.9 Å². The first-order valence-electron chi connectivity index (χ1n) is 3.46. The van der Waals surface area contributed by atoms with E-state index in [1.807, 2.05) is 0 Å². The van der Waals surface area contributed by atoms with E-state index in [0.717, 1.165) is 6.07 Å². The van der Waals surface area contributed by atoms with Crippen LogP contribution in [0.1, 0.15) is 15.9 Å². The van der Waals surface area contributed by atoms with Crippen molar-refractivity contribution < 1.29 is 13.9 Å². The minimum absolute atomic E-state index is 0.0509. The first-order chi connectivity index (χ1) is 6.24. The van der Waals surface area contributed by atoms with Gasteiger partial charge in [-0.05, 0) is 12.1 Å². The Morgan fingerprint density at radius 3 is 2.77 bits per heavy atom. The molecule has 0 N–H and O–H groups in total. The zero-order valence-corrected chi connectivity index (χ0v) is 6.87. The van der Waals surface area contributed by atoms with Crippen molar-refractivity contribution >= 4 is 6.29 Å². The van der Waals surface area contributed by atoms with Gasteiger partial charge in [-0.3, -0.25) is 4.79 Å². The summed E-state index contributed by atoms with van der Waals surface area (Å²) in [6, 6.07) is 4.10. The molecule has 0 aromatic heterocycles. The molecular formula is C9H6FNO2. The molecule has 1 aromatic carbocycles. The summed E-state index contributed by atoms with van der Waals surface area (Å²) in [6.45, 7) is 0. The Hall–Kier alpha value is -1.89. The van der Waals surface area contributed by atoms with Gasteiger partial charge in [0.1, 0.15) is 6.07 Å². The summed E-state index contributed by atoms with van der Waals surface area (Å²) in [5.41, 5.74) is 0.0539. The summed E-state index contributed by atoms with van der Waals surface area (Å²) in [7, 11) is 1.24. The van der Waals surface area contributed by atoms with Crippen LogP contribution in [0, 0.1) is 17.1 Å². The zero-order chi connectivity index (χ0) is 9.84. The number of rotatable bonds is 2. The van der Waals surface area contributed by atoms with Crippen molar-refractivity contribution in [3.8, 4) is 11.8 Å². The standard InChI is InChI=1S/C9H6FNO2/c1-13-9-7(5-12)6(4-11)2-3-8(9)10/h2-3,5H,1H3. The normalized spacial score (nSPS) is 9.00. The lowest BCUT2D eigenvalue weighted by atomic mass is 10.1. The molecule has 0 saturated heterocycles. The van der Waals surface area contributed by atoms with Crippen LogP contribution >= 0.6 is 0 Å². The highest BCUT2D eigenvalue weighted by Crippen LogP contribution is 2.23. The zero-order valence-electron chi connectivity index (χ0n) is 6.87. The molecule has 0 aliphatic rings. The molecule has 0 aliphatic heterocycles. The molecule has 0 radical (unpaired) electrons. The average molecular weight is 179 g/mol. The second-order valence-electron chi connectivity index (χ2n) is 2.27. The van der Waals surface area contributed by atoms with Crippen LogP contribution in [0.2, 0.25) is 0 Å². The van der Waals surface area contributed by atoms with Crippen molar-refractivity contribution in [3.63, 3.8) is 0 Å². The van der Waals surface area contributed by atoms with Gasteiger partial charge in [0.15, 0.2) is 17.9 Å². The fourth-order valence-electron chi connectivity index (χ4n) is 0.995. The number of methoxy groups -OCH3 is 1. The molecule has 3 nitrogen and oxygen atoms in total. The highest BCUT2D eigenvalue weighted by molar-refractivity contribution is 5.83. The van der Waals surface area contributed by atoms with Gasteiger partial charge in [-0.15, -0.1) is 0 Å². The summed E-state index contributed by atoms with van der Waals surface area (Å²) in [4.78, 5) is 10.5. The molecule has 0 unspecified atom stereocenters. The molecule has 1 rings (SSSR count). The van der Waals surface area contributed by atoms with Gasteiger partial charge in [-0.1, -0.05) is 0 Å². The summed E-state index contributed by atoms with van der Waals surface area (Å²) in [5, 5.41) is 8.57. The van der Waals surface area contributed by atoms with Gasteiger partial charge in [-0.25, -0.2) is 4.39 Å². The van der Waals surface area contributed by atoms with E-state index in [0.29, 0.717) is 6.29 Å². The molecule has 4 heteroatoms. The molecular weight excluding hydrogens is 173 g/mol. The fraction of sp³-hybridized carbons (Fsp3) is 0.111. The van der Waals surface area contributed by atoms with E-state index in [2.05, 4.69) is 4.74 Å². The molecule has 0 heterocycles. The molecule has 0 amide bonds. The summed E-state index contributed by atoms with van der Waals surface area (Å²) in [6.07, 6.45) is 0.403. The van der Waals surface area contributed by atoms with Crippen LogP contribution in [0.15, 0.2) is 12.1 Å². The van der Waals surface area contributed by atoms with Crippen LogP contribution in [0.3, 0.4) is 0 Å². The van der Waals surface area contributed by atoms with Gasteiger partial charge >= 0.3 is 0 Å². The van der Waals surface area contributed by atoms with Crippen molar-refractivity contribution in [2.24, 2.45) is 0 Å². The third-order valence-corrected chi connectivity index (χ3v) is 1.59. The largest absolute Gasteiger partial charge is 0.493 e. The van der Waals surface area contributed by atoms with E-state index in [9.17, 15) is 9.18 Å². The van der Waals surface area contributed by atoms with Crippen molar-refractivity contribution in [1.29, 1.82) is 5.26 Å². The van der Waals surface area contributed by atoms with Crippen molar-refractivity contribution in [2.45, 2.75) is 0 Å². The molecule has 0 aliphatic carbocycles. The lowest BCUT2D eigenvalue weighted by Gasteiger charge is -2.05. The van der Waals surface area contributed by atoms with Crippen molar-refractivity contribution in [1.82, 2.24) is 0 Å². The maximum atomic E-state index is 13.0. The molecule has 0 atom stereocenters. The lowest BCUT2D eigenvalue weighted by molar-refractivity contribution is 0.111. The fourth-order valence-corrected chi connectivity index (χ4v) is 0.995. The highest BCUT2D eigenvalue weighted by Gasteiger charge is 2.12. The van der Waals surface area contributed by atoms with Gasteiger partial charge in [0.25, 0.3) is 0 Å². The van der Waals surface area contributed by atoms with Gasteiger partial charge in [0.05, 0.1) is 18.2 Å². The number of hydrogen-bond acceptors (Lipinski definition) is 3. The molecule has 0 saturated carbocycles. The van der Waals surface area contributed by atoms with Gasteiger partial charge in [-0.2, -0.15) is 5.26 Å². The molecule has 0 fully saturated rings. The Bertz CT molecular complexity index is 382. The third kappa shape index (κ3) is 1.49. The number of halogens is 1. The molecule has 1 aromatic rings. The van der Waals surface area contributed by atoms with Crippen LogP contribution in [-0.2, 0) is 0 Å². The van der Waals surface area contributed by atoms with Gasteiger partial charge < -0.3 is 4.74 Å². The number of nitriles is 1. The van der Waals surface area contributed by atoms with Crippen molar-refractivity contribution in [2.75, 3.05) is 7.11 Å². The monoisotopic (exact) mass is 179 g/mol. The predicted molar refractivity (Wildman–Crippen MR) is 43.1 cm³/mol. The Morgan fingerprint density at radius 2 is 2.31 bits per heavy atom. The highest BCUT2D eigenvalue weighted by atomic mass is 19.1. The van der Waals surface area contributed by atoms with Crippen LogP contribution in [-0.4, -0.2) is 13.4 Å². The second kappa shape index (κ2) is 3.68. The van der Waals surface area contributed by atoms with E-state index >= 15 is 0 Å². The van der Waals surface area contributed by atoms with Crippen molar-refractivity contribution in [3.05, 3.63) is 29.1 Å². The minimum Gasteiger partial charge on any atom is -0.493 e. The molecule has 0 spiro atoms. The smallest absolute Gasteiger partial charge is 0.166 e. The SMILES string of the molecule is COc1c(F)ccc(C#N)c1C=O. The quantitative estimate of drug-likeness (QED) is 0.646. The molecule has 0 bridgehead atoms. The third-order valence-electron chi connectivity index (χ3n) is 1.59. The van der Waals surface area contributed by atoms with Crippen LogP contribution in [0.25, 0.3) is 0 Å². The number of carbonyl (C=O) groups excluding carboxylic acids is 1. The summed E-state index contributed by atoms with van der Waals surface area (Å²) < 4.78 is 17.6. The van der Waals surface area contributed by atoms with Crippen LogP contribution in [0.5, 0.6) is 5.75 Å². The molecule has 13 heavy (non-hydrogen) atoms. The molecule has 66 valence electrons. The first kappa shape index (κ1) is 9.20. The van der Waals surface area contributed by atoms with Crippen LogP contribution in [0.4, 0.5) is 4.39 Å².